The Bertz CT molecular complexity index is 483. The highest BCUT2D eigenvalue weighted by molar-refractivity contribution is 5.23. The molecule has 114 valence electrons. The molecule has 1 aromatic carbocycles. The zero-order chi connectivity index (χ0) is 15.4. The molecule has 0 radical (unpaired) electrons. The van der Waals surface area contributed by atoms with Crippen molar-refractivity contribution in [1.82, 2.24) is 0 Å². The van der Waals surface area contributed by atoms with E-state index in [2.05, 4.69) is 5.92 Å². The predicted octanol–water partition coefficient (Wildman–Crippen LogP) is 0.859. The Labute approximate surface area is 124 Å². The summed E-state index contributed by atoms with van der Waals surface area (Å²) in [7, 11) is 1.42. The van der Waals surface area contributed by atoms with E-state index in [0.29, 0.717) is 0 Å². The molecule has 2 rings (SSSR count). The Hall–Kier alpha value is -1.42. The minimum atomic E-state index is -1.12. The van der Waals surface area contributed by atoms with Crippen LogP contribution in [0.15, 0.2) is 30.3 Å². The van der Waals surface area contributed by atoms with Crippen molar-refractivity contribution < 1.29 is 24.4 Å². The minimum Gasteiger partial charge on any atom is -0.388 e. The Kier molecular flexibility index (Phi) is 5.34. The summed E-state index contributed by atoms with van der Waals surface area (Å²) in [6.45, 7) is 1.69. The van der Waals surface area contributed by atoms with Crippen LogP contribution in [0, 0.1) is 12.3 Å². The molecule has 5 nitrogen and oxygen atoms in total. The normalized spacial score (nSPS) is 34.1. The van der Waals surface area contributed by atoms with Gasteiger partial charge in [0.25, 0.3) is 0 Å². The maximum absolute atomic E-state index is 10.2. The molecule has 1 heterocycles. The molecule has 1 fully saturated rings. The number of benzene rings is 1. The van der Waals surface area contributed by atoms with Crippen LogP contribution in [0.2, 0.25) is 0 Å². The van der Waals surface area contributed by atoms with Crippen LogP contribution in [-0.2, 0) is 14.2 Å². The van der Waals surface area contributed by atoms with Crippen LogP contribution in [0.5, 0.6) is 0 Å². The second-order valence-electron chi connectivity index (χ2n) is 4.98. The lowest BCUT2D eigenvalue weighted by Crippen LogP contribution is -2.58. The topological polar surface area (TPSA) is 68.2 Å². The van der Waals surface area contributed by atoms with Gasteiger partial charge in [0.05, 0.1) is 6.10 Å². The van der Waals surface area contributed by atoms with Gasteiger partial charge in [-0.05, 0) is 12.5 Å². The van der Waals surface area contributed by atoms with Crippen molar-refractivity contribution in [3.63, 3.8) is 0 Å². The standard InChI is InChI=1S/C16H20O5/c1-4-12(11-8-6-5-7-9-11)21-15-13(17)10(2)20-16(19-3)14(15)18/h1,5-10,12-18H,2-3H3/t10-,12?,13+,14-,15+,16+/m0/s1. The monoisotopic (exact) mass is 292 g/mol. The molecular weight excluding hydrogens is 272 g/mol. The number of rotatable bonds is 4. The Morgan fingerprint density at radius 3 is 2.48 bits per heavy atom. The van der Waals surface area contributed by atoms with Crippen LogP contribution < -0.4 is 0 Å². The first-order valence-electron chi connectivity index (χ1n) is 6.79. The fourth-order valence-corrected chi connectivity index (χ4v) is 2.35. The molecule has 2 N–H and O–H groups in total. The van der Waals surface area contributed by atoms with Crippen molar-refractivity contribution in [3.8, 4) is 12.3 Å². The van der Waals surface area contributed by atoms with Crippen molar-refractivity contribution in [2.24, 2.45) is 0 Å². The van der Waals surface area contributed by atoms with Gasteiger partial charge in [0, 0.05) is 7.11 Å². The van der Waals surface area contributed by atoms with Crippen molar-refractivity contribution in [2.45, 2.75) is 43.7 Å². The van der Waals surface area contributed by atoms with Gasteiger partial charge in [0.2, 0.25) is 0 Å². The molecule has 6 atom stereocenters. The summed E-state index contributed by atoms with van der Waals surface area (Å²) in [6, 6.07) is 9.23. The summed E-state index contributed by atoms with van der Waals surface area (Å²) < 4.78 is 16.2. The van der Waals surface area contributed by atoms with Crippen molar-refractivity contribution >= 4 is 0 Å². The van der Waals surface area contributed by atoms with Crippen molar-refractivity contribution in [2.75, 3.05) is 7.11 Å². The molecule has 1 aliphatic rings. The van der Waals surface area contributed by atoms with Gasteiger partial charge in [-0.2, -0.15) is 0 Å². The first-order chi connectivity index (χ1) is 10.1. The van der Waals surface area contributed by atoms with Gasteiger partial charge >= 0.3 is 0 Å². The molecule has 0 aliphatic carbocycles. The second kappa shape index (κ2) is 7.03. The van der Waals surface area contributed by atoms with E-state index >= 15 is 0 Å². The second-order valence-corrected chi connectivity index (χ2v) is 4.98. The van der Waals surface area contributed by atoms with Gasteiger partial charge in [-0.3, -0.25) is 0 Å². The van der Waals surface area contributed by atoms with Crippen LogP contribution in [0.1, 0.15) is 18.6 Å². The third-order valence-corrected chi connectivity index (χ3v) is 3.56. The number of ether oxygens (including phenoxy) is 3. The largest absolute Gasteiger partial charge is 0.388 e. The van der Waals surface area contributed by atoms with E-state index in [0.717, 1.165) is 5.56 Å². The smallest absolute Gasteiger partial charge is 0.186 e. The maximum atomic E-state index is 10.2. The molecule has 0 amide bonds. The third kappa shape index (κ3) is 3.43. The van der Waals surface area contributed by atoms with Gasteiger partial charge in [-0.15, -0.1) is 6.42 Å². The molecule has 0 aromatic heterocycles. The number of hydrogen-bond donors (Lipinski definition) is 2. The number of terminal acetylenes is 1. The van der Waals surface area contributed by atoms with E-state index < -0.39 is 36.8 Å². The number of aliphatic hydroxyl groups is 2. The summed E-state index contributed by atoms with van der Waals surface area (Å²) in [5, 5.41) is 20.4. The molecule has 0 bridgehead atoms. The summed E-state index contributed by atoms with van der Waals surface area (Å²) in [5.41, 5.74) is 0.785. The lowest BCUT2D eigenvalue weighted by molar-refractivity contribution is -0.297. The SMILES string of the molecule is C#CC(O[C@H]1[C@H](O)[C@H](OC)O[C@@H](C)[C@H]1O)c1ccccc1. The van der Waals surface area contributed by atoms with Crippen LogP contribution in [0.3, 0.4) is 0 Å². The first-order valence-corrected chi connectivity index (χ1v) is 6.79. The van der Waals surface area contributed by atoms with E-state index in [4.69, 9.17) is 20.6 Å². The van der Waals surface area contributed by atoms with Crippen molar-refractivity contribution in [3.05, 3.63) is 35.9 Å². The first kappa shape index (κ1) is 16.0. The number of methoxy groups -OCH3 is 1. The highest BCUT2D eigenvalue weighted by Gasteiger charge is 2.44. The summed E-state index contributed by atoms with van der Waals surface area (Å²) in [6.07, 6.45) is 0.454. The molecule has 0 spiro atoms. The van der Waals surface area contributed by atoms with Crippen LogP contribution in [0.25, 0.3) is 0 Å². The zero-order valence-corrected chi connectivity index (χ0v) is 12.0. The Morgan fingerprint density at radius 1 is 1.24 bits per heavy atom. The van der Waals surface area contributed by atoms with Crippen LogP contribution >= 0.6 is 0 Å². The van der Waals surface area contributed by atoms with Gasteiger partial charge in [0.1, 0.15) is 24.4 Å². The number of aliphatic hydroxyl groups excluding tert-OH is 2. The fraction of sp³-hybridized carbons (Fsp3) is 0.500. The summed E-state index contributed by atoms with van der Waals surface area (Å²) in [5.74, 6) is 2.53. The van der Waals surface area contributed by atoms with Gasteiger partial charge in [-0.1, -0.05) is 36.3 Å². The molecule has 1 saturated heterocycles. The predicted molar refractivity (Wildman–Crippen MR) is 76.2 cm³/mol. The molecular formula is C16H20O5. The van der Waals surface area contributed by atoms with Gasteiger partial charge in [0.15, 0.2) is 6.29 Å². The average Bonchev–Trinajstić information content (AvgIpc) is 2.52. The highest BCUT2D eigenvalue weighted by atomic mass is 16.7. The maximum Gasteiger partial charge on any atom is 0.186 e. The molecule has 1 aromatic rings. The molecule has 1 aliphatic heterocycles. The Morgan fingerprint density at radius 2 is 1.90 bits per heavy atom. The van der Waals surface area contributed by atoms with E-state index in [1.807, 2.05) is 30.3 Å². The van der Waals surface area contributed by atoms with Gasteiger partial charge in [-0.25, -0.2) is 0 Å². The minimum absolute atomic E-state index is 0.530. The number of hydrogen-bond acceptors (Lipinski definition) is 5. The van der Waals surface area contributed by atoms with E-state index in [-0.39, 0.29) is 0 Å². The zero-order valence-electron chi connectivity index (χ0n) is 12.0. The molecule has 1 unspecified atom stereocenters. The Balaban J connectivity index is 2.17. The van der Waals surface area contributed by atoms with E-state index in [1.54, 1.807) is 6.92 Å². The molecule has 21 heavy (non-hydrogen) atoms. The fourth-order valence-electron chi connectivity index (χ4n) is 2.35. The van der Waals surface area contributed by atoms with Crippen LogP contribution in [0.4, 0.5) is 0 Å². The highest BCUT2D eigenvalue weighted by Crippen LogP contribution is 2.28. The lowest BCUT2D eigenvalue weighted by atomic mass is 9.99. The quantitative estimate of drug-likeness (QED) is 0.806. The third-order valence-electron chi connectivity index (χ3n) is 3.56. The van der Waals surface area contributed by atoms with E-state index in [9.17, 15) is 10.2 Å². The summed E-state index contributed by atoms with van der Waals surface area (Å²) in [4.78, 5) is 0. The molecule has 0 saturated carbocycles. The average molecular weight is 292 g/mol. The lowest BCUT2D eigenvalue weighted by Gasteiger charge is -2.41. The van der Waals surface area contributed by atoms with Crippen molar-refractivity contribution in [1.29, 1.82) is 0 Å². The summed E-state index contributed by atoms with van der Waals surface area (Å²) >= 11 is 0. The van der Waals surface area contributed by atoms with Gasteiger partial charge < -0.3 is 24.4 Å². The van der Waals surface area contributed by atoms with E-state index in [1.165, 1.54) is 7.11 Å². The van der Waals surface area contributed by atoms with Crippen LogP contribution in [-0.4, -0.2) is 48.0 Å². The molecule has 5 heteroatoms.